The van der Waals surface area contributed by atoms with Crippen molar-refractivity contribution in [2.24, 2.45) is 11.7 Å². The molecule has 0 spiro atoms. The van der Waals surface area contributed by atoms with Gasteiger partial charge in [-0.05, 0) is 37.8 Å². The molecule has 1 aromatic carbocycles. The Balaban J connectivity index is 1.90. The van der Waals surface area contributed by atoms with Gasteiger partial charge in [0.05, 0.1) is 0 Å². The third kappa shape index (κ3) is 3.84. The zero-order valence-corrected chi connectivity index (χ0v) is 11.3. The molecule has 1 atom stereocenters. The Labute approximate surface area is 114 Å². The molecule has 1 aliphatic heterocycles. The van der Waals surface area contributed by atoms with E-state index < -0.39 is 0 Å². The lowest BCUT2D eigenvalue weighted by molar-refractivity contribution is -0.126. The average molecular weight is 256 g/mol. The van der Waals surface area contributed by atoms with E-state index in [1.807, 2.05) is 42.2 Å². The number of carbonyl (C=O) groups is 1. The first-order chi connectivity index (χ1) is 9.16. The van der Waals surface area contributed by atoms with E-state index in [4.69, 9.17) is 5.73 Å². The summed E-state index contributed by atoms with van der Waals surface area (Å²) in [5.74, 6) is 6.08. The number of hydrogen-bond donors (Lipinski definition) is 1. The van der Waals surface area contributed by atoms with Crippen LogP contribution in [0.5, 0.6) is 0 Å². The maximum absolute atomic E-state index is 12.0. The van der Waals surface area contributed by atoms with Crippen molar-refractivity contribution in [3.63, 3.8) is 0 Å². The predicted octanol–water partition coefficient (Wildman–Crippen LogP) is 1.62. The Kier molecular flexibility index (Phi) is 4.59. The molecule has 1 fully saturated rings. The van der Waals surface area contributed by atoms with Gasteiger partial charge >= 0.3 is 0 Å². The number of nitrogens with zero attached hydrogens (tertiary/aromatic N) is 1. The van der Waals surface area contributed by atoms with Crippen molar-refractivity contribution in [3.8, 4) is 11.8 Å². The SMILES string of the molecule is CC(N)C1CCN(C(=O)C#Cc2ccccc2)CC1. The van der Waals surface area contributed by atoms with E-state index in [0.29, 0.717) is 5.92 Å². The van der Waals surface area contributed by atoms with Gasteiger partial charge in [0.25, 0.3) is 5.91 Å². The van der Waals surface area contributed by atoms with Gasteiger partial charge in [-0.3, -0.25) is 4.79 Å². The van der Waals surface area contributed by atoms with Gasteiger partial charge < -0.3 is 10.6 Å². The minimum atomic E-state index is -0.0769. The van der Waals surface area contributed by atoms with E-state index in [9.17, 15) is 4.79 Å². The fraction of sp³-hybridized carbons (Fsp3) is 0.438. The number of rotatable bonds is 1. The molecule has 0 saturated carbocycles. The molecule has 100 valence electrons. The molecule has 1 saturated heterocycles. The Morgan fingerprint density at radius 3 is 2.53 bits per heavy atom. The van der Waals surface area contributed by atoms with Crippen molar-refractivity contribution in [2.45, 2.75) is 25.8 Å². The van der Waals surface area contributed by atoms with Crippen LogP contribution in [0.3, 0.4) is 0 Å². The minimum absolute atomic E-state index is 0.0769. The molecule has 19 heavy (non-hydrogen) atoms. The van der Waals surface area contributed by atoms with E-state index in [2.05, 4.69) is 11.8 Å². The van der Waals surface area contributed by atoms with Crippen molar-refractivity contribution in [1.29, 1.82) is 0 Å². The second-order valence-electron chi connectivity index (χ2n) is 5.10. The summed E-state index contributed by atoms with van der Waals surface area (Å²) in [6.07, 6.45) is 1.97. The third-order valence-electron chi connectivity index (χ3n) is 3.66. The smallest absolute Gasteiger partial charge is 0.298 e. The van der Waals surface area contributed by atoms with Crippen molar-refractivity contribution >= 4 is 5.91 Å². The van der Waals surface area contributed by atoms with Crippen LogP contribution in [0.2, 0.25) is 0 Å². The summed E-state index contributed by atoms with van der Waals surface area (Å²) < 4.78 is 0. The monoisotopic (exact) mass is 256 g/mol. The van der Waals surface area contributed by atoms with Gasteiger partial charge in [0.1, 0.15) is 0 Å². The quantitative estimate of drug-likeness (QED) is 0.776. The van der Waals surface area contributed by atoms with Crippen molar-refractivity contribution < 1.29 is 4.79 Å². The first-order valence-corrected chi connectivity index (χ1v) is 6.78. The van der Waals surface area contributed by atoms with Crippen LogP contribution in [-0.4, -0.2) is 29.9 Å². The van der Waals surface area contributed by atoms with Gasteiger partial charge in [0.15, 0.2) is 0 Å². The minimum Gasteiger partial charge on any atom is -0.332 e. The second-order valence-corrected chi connectivity index (χ2v) is 5.10. The molecule has 0 radical (unpaired) electrons. The molecule has 3 heteroatoms. The first kappa shape index (κ1) is 13.6. The highest BCUT2D eigenvalue weighted by atomic mass is 16.2. The molecule has 1 amide bonds. The average Bonchev–Trinajstić information content (AvgIpc) is 2.46. The zero-order valence-electron chi connectivity index (χ0n) is 11.3. The molecular formula is C16H20N2O. The van der Waals surface area contributed by atoms with Gasteiger partial charge in [-0.15, -0.1) is 0 Å². The fourth-order valence-electron chi connectivity index (χ4n) is 2.35. The highest BCUT2D eigenvalue weighted by Gasteiger charge is 2.23. The molecule has 1 heterocycles. The molecule has 2 rings (SSSR count). The number of amides is 1. The van der Waals surface area contributed by atoms with Crippen LogP contribution in [0.25, 0.3) is 0 Å². The molecule has 1 aliphatic rings. The van der Waals surface area contributed by atoms with Crippen LogP contribution in [0.1, 0.15) is 25.3 Å². The van der Waals surface area contributed by atoms with Gasteiger partial charge in [-0.1, -0.05) is 24.1 Å². The summed E-state index contributed by atoms with van der Waals surface area (Å²) in [5, 5.41) is 0. The summed E-state index contributed by atoms with van der Waals surface area (Å²) in [4.78, 5) is 13.8. The lowest BCUT2D eigenvalue weighted by atomic mass is 9.91. The number of carbonyl (C=O) groups excluding carboxylic acids is 1. The summed E-state index contributed by atoms with van der Waals surface area (Å²) in [6.45, 7) is 3.58. The predicted molar refractivity (Wildman–Crippen MR) is 76.3 cm³/mol. The number of benzene rings is 1. The molecule has 2 N–H and O–H groups in total. The Hall–Kier alpha value is -1.79. The maximum atomic E-state index is 12.0. The fourth-order valence-corrected chi connectivity index (χ4v) is 2.35. The number of hydrogen-bond acceptors (Lipinski definition) is 2. The van der Waals surface area contributed by atoms with Crippen LogP contribution in [0, 0.1) is 17.8 Å². The van der Waals surface area contributed by atoms with Crippen molar-refractivity contribution in [2.75, 3.05) is 13.1 Å². The highest BCUT2D eigenvalue weighted by molar-refractivity contribution is 5.94. The second kappa shape index (κ2) is 6.40. The van der Waals surface area contributed by atoms with Crippen LogP contribution in [0.4, 0.5) is 0 Å². The third-order valence-corrected chi connectivity index (χ3v) is 3.66. The standard InChI is InChI=1S/C16H20N2O/c1-13(17)15-9-11-18(12-10-15)16(19)8-7-14-5-3-2-4-6-14/h2-6,13,15H,9-12,17H2,1H3. The normalized spacial score (nSPS) is 17.5. The first-order valence-electron chi connectivity index (χ1n) is 6.78. The molecule has 1 aromatic rings. The van der Waals surface area contributed by atoms with Crippen LogP contribution in [0.15, 0.2) is 30.3 Å². The number of piperidine rings is 1. The Morgan fingerprint density at radius 1 is 1.32 bits per heavy atom. The lowest BCUT2D eigenvalue weighted by Crippen LogP contribution is -2.42. The molecular weight excluding hydrogens is 236 g/mol. The molecule has 1 unspecified atom stereocenters. The Morgan fingerprint density at radius 2 is 1.95 bits per heavy atom. The molecule has 3 nitrogen and oxygen atoms in total. The summed E-state index contributed by atoms with van der Waals surface area (Å²) in [7, 11) is 0. The van der Waals surface area contributed by atoms with Crippen molar-refractivity contribution in [1.82, 2.24) is 4.90 Å². The van der Waals surface area contributed by atoms with Gasteiger partial charge in [0.2, 0.25) is 0 Å². The van der Waals surface area contributed by atoms with Gasteiger partial charge in [0, 0.05) is 30.6 Å². The summed E-state index contributed by atoms with van der Waals surface area (Å²) in [5.41, 5.74) is 6.77. The van der Waals surface area contributed by atoms with E-state index in [1.165, 1.54) is 0 Å². The van der Waals surface area contributed by atoms with E-state index in [1.54, 1.807) is 0 Å². The van der Waals surface area contributed by atoms with Crippen molar-refractivity contribution in [3.05, 3.63) is 35.9 Å². The summed E-state index contributed by atoms with van der Waals surface area (Å²) in [6, 6.07) is 9.80. The largest absolute Gasteiger partial charge is 0.332 e. The number of likely N-dealkylation sites (tertiary alicyclic amines) is 1. The molecule has 0 aromatic heterocycles. The Bertz CT molecular complexity index is 476. The zero-order chi connectivity index (χ0) is 13.7. The van der Waals surface area contributed by atoms with E-state index in [0.717, 1.165) is 31.5 Å². The van der Waals surface area contributed by atoms with Gasteiger partial charge in [-0.25, -0.2) is 0 Å². The van der Waals surface area contributed by atoms with Gasteiger partial charge in [-0.2, -0.15) is 0 Å². The highest BCUT2D eigenvalue weighted by Crippen LogP contribution is 2.19. The van der Waals surface area contributed by atoms with Crippen LogP contribution < -0.4 is 5.73 Å². The van der Waals surface area contributed by atoms with Crippen LogP contribution in [-0.2, 0) is 4.79 Å². The van der Waals surface area contributed by atoms with E-state index in [-0.39, 0.29) is 11.9 Å². The van der Waals surface area contributed by atoms with Crippen LogP contribution >= 0.6 is 0 Å². The molecule has 0 bridgehead atoms. The maximum Gasteiger partial charge on any atom is 0.298 e. The lowest BCUT2D eigenvalue weighted by Gasteiger charge is -2.32. The summed E-state index contributed by atoms with van der Waals surface area (Å²) >= 11 is 0. The molecule has 0 aliphatic carbocycles. The number of nitrogens with two attached hydrogens (primary N) is 1. The van der Waals surface area contributed by atoms with E-state index >= 15 is 0 Å². The topological polar surface area (TPSA) is 46.3 Å².